The molecule has 2 aliphatic rings. The van der Waals surface area contributed by atoms with Crippen molar-refractivity contribution in [2.24, 2.45) is 0 Å². The Labute approximate surface area is 222 Å². The number of thiazole rings is 1. The topological polar surface area (TPSA) is 142 Å². The number of amides is 3. The molecule has 13 heteroatoms. The maximum Gasteiger partial charge on any atom is 0.325 e. The van der Waals surface area contributed by atoms with Gasteiger partial charge in [0.05, 0.1) is 42.7 Å². The van der Waals surface area contributed by atoms with Crippen LogP contribution in [0.2, 0.25) is 5.15 Å². The smallest absolute Gasteiger partial charge is 0.325 e. The number of carbonyl (C=O) groups excluding carboxylic acids is 2. The first-order valence-electron chi connectivity index (χ1n) is 11.9. The maximum atomic E-state index is 12.8. The second kappa shape index (κ2) is 10.9. The van der Waals surface area contributed by atoms with Crippen molar-refractivity contribution in [1.29, 1.82) is 0 Å². The van der Waals surface area contributed by atoms with E-state index in [-0.39, 0.29) is 18.0 Å². The van der Waals surface area contributed by atoms with E-state index in [0.717, 1.165) is 23.4 Å². The summed E-state index contributed by atoms with van der Waals surface area (Å²) in [6.07, 6.45) is 2.39. The van der Waals surface area contributed by atoms with Crippen LogP contribution in [0.1, 0.15) is 40.2 Å². The molecule has 11 nitrogen and oxygen atoms in total. The number of nitrogens with one attached hydrogen (secondary N) is 3. The highest BCUT2D eigenvalue weighted by molar-refractivity contribution is 7.15. The van der Waals surface area contributed by atoms with Gasteiger partial charge in [-0.1, -0.05) is 35.1 Å². The third-order valence-corrected chi connectivity index (χ3v) is 7.53. The fourth-order valence-electron chi connectivity index (χ4n) is 4.48. The number of nitrogens with zero attached hydrogens (tertiary/aromatic N) is 4. The summed E-state index contributed by atoms with van der Waals surface area (Å²) in [4.78, 5) is 41.6. The number of urea groups is 1. The number of hydrogen-bond donors (Lipinski definition) is 4. The van der Waals surface area contributed by atoms with E-state index >= 15 is 0 Å². The normalized spacial score (nSPS) is 18.7. The first-order chi connectivity index (χ1) is 17.9. The molecule has 0 spiro atoms. The average Bonchev–Trinajstić information content (AvgIpc) is 3.48. The zero-order chi connectivity index (χ0) is 25.9. The monoisotopic (exact) mass is 543 g/mol. The van der Waals surface area contributed by atoms with Crippen molar-refractivity contribution in [3.05, 3.63) is 51.6 Å². The lowest BCUT2D eigenvalue weighted by atomic mass is 10.1. The summed E-state index contributed by atoms with van der Waals surface area (Å²) in [5.74, 6) is 0.316. The molecule has 1 fully saturated rings. The predicted molar refractivity (Wildman–Crippen MR) is 141 cm³/mol. The van der Waals surface area contributed by atoms with Gasteiger partial charge in [-0.25, -0.2) is 9.78 Å². The van der Waals surface area contributed by atoms with Crippen LogP contribution in [0.3, 0.4) is 0 Å². The van der Waals surface area contributed by atoms with Gasteiger partial charge in [-0.05, 0) is 31.4 Å². The molecule has 2 atom stereocenters. The highest BCUT2D eigenvalue weighted by Crippen LogP contribution is 2.31. The van der Waals surface area contributed by atoms with E-state index in [2.05, 4.69) is 35.8 Å². The van der Waals surface area contributed by atoms with Crippen LogP contribution in [0, 0.1) is 0 Å². The van der Waals surface area contributed by atoms with Crippen LogP contribution >= 0.6 is 22.9 Å². The Bertz CT molecular complexity index is 1320. The van der Waals surface area contributed by atoms with E-state index in [1.807, 2.05) is 0 Å². The molecule has 3 heterocycles. The third kappa shape index (κ3) is 5.76. The Balaban J connectivity index is 1.23. The summed E-state index contributed by atoms with van der Waals surface area (Å²) in [7, 11) is 1.49. The molecule has 4 N–H and O–H groups in total. The second-order valence-corrected chi connectivity index (χ2v) is 10.3. The van der Waals surface area contributed by atoms with Gasteiger partial charge in [0.15, 0.2) is 5.13 Å². The summed E-state index contributed by atoms with van der Waals surface area (Å²) < 4.78 is 5.12. The van der Waals surface area contributed by atoms with Gasteiger partial charge in [-0.15, -0.1) is 0 Å². The van der Waals surface area contributed by atoms with Gasteiger partial charge in [0.1, 0.15) is 11.0 Å². The van der Waals surface area contributed by atoms with E-state index in [0.29, 0.717) is 53.3 Å². The van der Waals surface area contributed by atoms with Gasteiger partial charge >= 0.3 is 12.0 Å². The van der Waals surface area contributed by atoms with Crippen LogP contribution in [0.4, 0.5) is 21.4 Å². The van der Waals surface area contributed by atoms with Gasteiger partial charge in [-0.3, -0.25) is 10.1 Å². The minimum atomic E-state index is -0.549. The zero-order valence-electron chi connectivity index (χ0n) is 20.0. The molecule has 5 rings (SSSR count). The molecule has 3 aromatic rings. The van der Waals surface area contributed by atoms with Crippen LogP contribution in [-0.4, -0.2) is 57.8 Å². The Morgan fingerprint density at radius 2 is 2.03 bits per heavy atom. The van der Waals surface area contributed by atoms with Gasteiger partial charge in [-0.2, -0.15) is 9.97 Å². The van der Waals surface area contributed by atoms with Crippen molar-refractivity contribution in [2.45, 2.75) is 44.4 Å². The Morgan fingerprint density at radius 1 is 1.19 bits per heavy atom. The lowest BCUT2D eigenvalue weighted by molar-refractivity contribution is 0.0874. The van der Waals surface area contributed by atoms with Crippen molar-refractivity contribution in [1.82, 2.24) is 20.3 Å². The average molecular weight is 544 g/mol. The van der Waals surface area contributed by atoms with Crippen molar-refractivity contribution in [3.63, 3.8) is 0 Å². The highest BCUT2D eigenvalue weighted by Gasteiger charge is 2.28. The van der Waals surface area contributed by atoms with E-state index in [1.165, 1.54) is 18.4 Å². The molecule has 194 valence electrons. The fraction of sp³-hybridized carbons (Fsp3) is 0.375. The van der Waals surface area contributed by atoms with Gasteiger partial charge in [0.25, 0.3) is 5.91 Å². The minimum Gasteiger partial charge on any atom is -0.467 e. The first kappa shape index (κ1) is 25.2. The molecule has 1 aromatic carbocycles. The summed E-state index contributed by atoms with van der Waals surface area (Å²) in [5.41, 5.74) is 1.61. The Hall–Kier alpha value is -3.48. The summed E-state index contributed by atoms with van der Waals surface area (Å²) >= 11 is 7.48. The molecule has 0 saturated heterocycles. The lowest BCUT2D eigenvalue weighted by Crippen LogP contribution is -2.40. The number of carbonyl (C=O) groups is 2. The molecular weight excluding hydrogens is 518 g/mol. The van der Waals surface area contributed by atoms with E-state index < -0.39 is 12.1 Å². The van der Waals surface area contributed by atoms with E-state index in [4.69, 9.17) is 16.3 Å². The minimum absolute atomic E-state index is 0.199. The van der Waals surface area contributed by atoms with Crippen molar-refractivity contribution < 1.29 is 19.4 Å². The molecule has 1 aliphatic heterocycles. The third-order valence-electron chi connectivity index (χ3n) is 6.33. The number of hydrogen-bond acceptors (Lipinski definition) is 9. The molecule has 0 bridgehead atoms. The Morgan fingerprint density at radius 3 is 2.81 bits per heavy atom. The number of aliphatic hydroxyl groups is 1. The van der Waals surface area contributed by atoms with Gasteiger partial charge < -0.3 is 25.4 Å². The maximum absolute atomic E-state index is 12.8. The van der Waals surface area contributed by atoms with Crippen molar-refractivity contribution >= 4 is 51.5 Å². The van der Waals surface area contributed by atoms with Crippen LogP contribution in [0.25, 0.3) is 0 Å². The van der Waals surface area contributed by atoms with Gasteiger partial charge in [0, 0.05) is 23.9 Å². The number of ether oxygens (including phenoxy) is 1. The van der Waals surface area contributed by atoms with Crippen LogP contribution in [0.5, 0.6) is 6.01 Å². The summed E-state index contributed by atoms with van der Waals surface area (Å²) in [5, 5.41) is 19.2. The molecule has 2 unspecified atom stereocenters. The molecular formula is C24H26ClN7O4S. The number of para-hydroxylation sites is 1. The van der Waals surface area contributed by atoms with E-state index in [1.54, 1.807) is 30.3 Å². The van der Waals surface area contributed by atoms with E-state index in [9.17, 15) is 14.7 Å². The number of benzene rings is 1. The number of fused-ring (bicyclic) bond motifs is 1. The van der Waals surface area contributed by atoms with Crippen LogP contribution in [0.15, 0.2) is 30.3 Å². The highest BCUT2D eigenvalue weighted by atomic mass is 35.5. The van der Waals surface area contributed by atoms with Crippen LogP contribution < -0.4 is 25.6 Å². The fourth-order valence-corrected chi connectivity index (χ4v) is 5.67. The molecule has 1 aliphatic carbocycles. The standard InChI is InChI=1S/C24H26ClN7O4S/c1-36-23-29-19(25)11-20(30-23)32-10-9-16-18(12-32)37-24(28-16)31-22(35)27-14-6-3-2-5-13(14)21(34)26-15-7-4-8-17(15)33/h2-3,5-6,11,15,17,33H,4,7-10,12H2,1H3,(H,26,34)(H2,27,28,31,35). The number of rotatable bonds is 6. The largest absolute Gasteiger partial charge is 0.467 e. The molecule has 0 radical (unpaired) electrons. The summed E-state index contributed by atoms with van der Waals surface area (Å²) in [6.45, 7) is 1.24. The molecule has 37 heavy (non-hydrogen) atoms. The predicted octanol–water partition coefficient (Wildman–Crippen LogP) is 3.45. The number of methoxy groups -OCH3 is 1. The molecule has 1 saturated carbocycles. The number of aliphatic hydroxyl groups excluding tert-OH is 1. The lowest BCUT2D eigenvalue weighted by Gasteiger charge is -2.27. The van der Waals surface area contributed by atoms with Crippen molar-refractivity contribution in [2.75, 3.05) is 29.2 Å². The number of halogens is 1. The molecule has 3 amide bonds. The zero-order valence-corrected chi connectivity index (χ0v) is 21.6. The van der Waals surface area contributed by atoms with Gasteiger partial charge in [0.2, 0.25) is 0 Å². The Kier molecular flexibility index (Phi) is 7.40. The summed E-state index contributed by atoms with van der Waals surface area (Å²) in [6, 6.07) is 7.86. The quantitative estimate of drug-likeness (QED) is 0.346. The second-order valence-electron chi connectivity index (χ2n) is 8.80. The first-order valence-corrected chi connectivity index (χ1v) is 13.1. The van der Waals surface area contributed by atoms with Crippen LogP contribution in [-0.2, 0) is 13.0 Å². The van der Waals surface area contributed by atoms with Crippen molar-refractivity contribution in [3.8, 4) is 6.01 Å². The molecule has 2 aromatic heterocycles. The number of anilines is 3. The number of aromatic nitrogens is 3. The SMILES string of the molecule is COc1nc(Cl)cc(N2CCc3nc(NC(=O)Nc4ccccc4C(=O)NC4CCCC4O)sc3C2)n1.